The van der Waals surface area contributed by atoms with Gasteiger partial charge < -0.3 is 38.0 Å². The first-order valence-corrected chi connectivity index (χ1v) is 22.0. The van der Waals surface area contributed by atoms with E-state index >= 15 is 0 Å². The first kappa shape index (κ1) is 44.6. The predicted octanol–water partition coefficient (Wildman–Crippen LogP) is 9.79. The lowest BCUT2D eigenvalue weighted by molar-refractivity contribution is -0.140. The summed E-state index contributed by atoms with van der Waals surface area (Å²) in [6.45, 7) is 13.6. The van der Waals surface area contributed by atoms with E-state index in [1.165, 1.54) is 0 Å². The number of rotatable bonds is 16. The maximum atomic E-state index is 9.57. The Morgan fingerprint density at radius 1 is 0.536 bits per heavy atom. The maximum absolute atomic E-state index is 9.57. The minimum Gasteiger partial charge on any atom is -0.493 e. The number of aliphatic hydroxyl groups is 1. The largest absolute Gasteiger partial charge is 0.493 e. The molecule has 6 atom stereocenters. The fraction of sp³-hybridized carbons (Fsp3) is 0.404. The number of ether oxygens (including phenoxy) is 6. The van der Waals surface area contributed by atoms with E-state index in [4.69, 9.17) is 32.8 Å². The van der Waals surface area contributed by atoms with Gasteiger partial charge in [-0.3, -0.25) is 0 Å². The molecule has 4 aromatic carbocycles. The van der Waals surface area contributed by atoms with Crippen molar-refractivity contribution >= 4 is 8.32 Å². The molecule has 6 rings (SSSR count). The molecule has 2 heterocycles. The van der Waals surface area contributed by atoms with Gasteiger partial charge in [-0.25, -0.2) is 0 Å². The molecule has 0 spiro atoms. The smallest absolute Gasteiger partial charge is 0.192 e. The molecule has 4 aromatic rings. The van der Waals surface area contributed by atoms with Gasteiger partial charge in [0.1, 0.15) is 36.6 Å². The Morgan fingerprint density at radius 2 is 0.875 bits per heavy atom. The lowest BCUT2D eigenvalue weighted by Crippen LogP contribution is -2.49. The van der Waals surface area contributed by atoms with Crippen LogP contribution in [-0.2, 0) is 59.3 Å². The van der Waals surface area contributed by atoms with E-state index in [9.17, 15) is 5.11 Å². The molecule has 56 heavy (non-hydrogen) atoms. The predicted molar refractivity (Wildman–Crippen MR) is 225 cm³/mol. The molecule has 0 aliphatic carbocycles. The van der Waals surface area contributed by atoms with Crippen molar-refractivity contribution in [2.24, 2.45) is 0 Å². The highest BCUT2D eigenvalue weighted by Crippen LogP contribution is 2.37. The number of benzene rings is 4. The van der Waals surface area contributed by atoms with Crippen LogP contribution >= 0.6 is 0 Å². The van der Waals surface area contributed by atoms with Gasteiger partial charge in [0.05, 0.1) is 52.2 Å². The van der Waals surface area contributed by atoms with Crippen molar-refractivity contribution < 1.29 is 38.0 Å². The van der Waals surface area contributed by atoms with Crippen molar-refractivity contribution in [2.75, 3.05) is 13.2 Å². The van der Waals surface area contributed by atoms with Gasteiger partial charge in [-0.15, -0.1) is 0 Å². The molecule has 2 aliphatic heterocycles. The third kappa shape index (κ3) is 13.8. The van der Waals surface area contributed by atoms with E-state index in [1.807, 2.05) is 109 Å². The molecular weight excluding hydrogens is 721 g/mol. The van der Waals surface area contributed by atoms with Crippen LogP contribution in [-0.4, -0.2) is 63.3 Å². The van der Waals surface area contributed by atoms with Crippen molar-refractivity contribution in [1.29, 1.82) is 0 Å². The average Bonchev–Trinajstić information content (AvgIpc) is 3.21. The second-order valence-corrected chi connectivity index (χ2v) is 20.1. The topological polar surface area (TPSA) is 84.8 Å². The van der Waals surface area contributed by atoms with Gasteiger partial charge in [0.15, 0.2) is 8.32 Å². The molecule has 0 saturated heterocycles. The zero-order chi connectivity index (χ0) is 38.9. The van der Waals surface area contributed by atoms with Crippen molar-refractivity contribution in [3.05, 3.63) is 168 Å². The van der Waals surface area contributed by atoms with Crippen LogP contribution in [0.1, 0.15) is 50.5 Å². The van der Waals surface area contributed by atoms with Crippen molar-refractivity contribution in [3.8, 4) is 0 Å². The van der Waals surface area contributed by atoms with E-state index in [0.717, 1.165) is 22.3 Å². The van der Waals surface area contributed by atoms with Crippen LogP contribution in [0.15, 0.2) is 146 Å². The number of aliphatic hydroxyl groups excluding tert-OH is 1. The van der Waals surface area contributed by atoms with Gasteiger partial charge in [0.2, 0.25) is 0 Å². The highest BCUT2D eigenvalue weighted by molar-refractivity contribution is 6.74. The normalized spacial score (nSPS) is 21.8. The van der Waals surface area contributed by atoms with Crippen molar-refractivity contribution in [3.63, 3.8) is 0 Å². The minimum absolute atomic E-state index is 0. The second kappa shape index (κ2) is 22.6. The molecule has 0 aromatic heterocycles. The molecule has 0 radical (unpaired) electrons. The molecule has 9 heteroatoms. The molecule has 0 saturated carbocycles. The Balaban J connectivity index is 0.000000252. The lowest BCUT2D eigenvalue weighted by atomic mass is 10.1. The fourth-order valence-electron chi connectivity index (χ4n) is 5.80. The summed E-state index contributed by atoms with van der Waals surface area (Å²) in [5, 5.41) is 9.71. The second-order valence-electron chi connectivity index (χ2n) is 15.3. The van der Waals surface area contributed by atoms with Crippen LogP contribution in [0.2, 0.25) is 18.1 Å². The third-order valence-corrected chi connectivity index (χ3v) is 14.7. The Bertz CT molecular complexity index is 1700. The Kier molecular flexibility index (Phi) is 18.0. The fourth-order valence-corrected chi connectivity index (χ4v) is 6.82. The van der Waals surface area contributed by atoms with Crippen LogP contribution in [0.4, 0.5) is 0 Å². The molecule has 2 aliphatic rings. The Hall–Kier alpha value is -4.06. The summed E-state index contributed by atoms with van der Waals surface area (Å²) in [7, 11) is -1.90. The van der Waals surface area contributed by atoms with E-state index in [-0.39, 0.29) is 49.6 Å². The standard InChI is InChI=1S/C26H36O4Si.C20H22O4.CH4/c1-26(2,3)31(4,5)30-20-24-25(29-19-22-14-10-7-11-15-22)23(16-17-27-24)28-18-21-12-8-6-9-13-21;21-13-19-20(24-15-17-9-5-2-6-10-17)18(11-12-22-19)23-14-16-7-3-1-4-8-16;/h6-17,23-25H,18-20H2,1-5H3;1-12,18-21H,13-15H2;1H4. The molecule has 1 N–H and O–H groups in total. The third-order valence-electron chi connectivity index (χ3n) is 10.2. The molecule has 8 nitrogen and oxygen atoms in total. The SMILES string of the molecule is C.CC(C)(C)[Si](C)(C)OCC1OC=CC(OCc2ccccc2)C1OCc1ccccc1.OCC1OC=CC(OCc2ccccc2)C1OCc1ccccc1. The van der Waals surface area contributed by atoms with Gasteiger partial charge in [0.25, 0.3) is 0 Å². The van der Waals surface area contributed by atoms with Crippen molar-refractivity contribution in [2.45, 2.75) is 109 Å². The van der Waals surface area contributed by atoms with Crippen molar-refractivity contribution in [1.82, 2.24) is 0 Å². The number of hydrogen-bond donors (Lipinski definition) is 1. The summed E-state index contributed by atoms with van der Waals surface area (Å²) in [6, 6.07) is 40.3. The summed E-state index contributed by atoms with van der Waals surface area (Å²) in [5.41, 5.74) is 4.44. The average molecular weight is 783 g/mol. The summed E-state index contributed by atoms with van der Waals surface area (Å²) in [5.74, 6) is 0. The monoisotopic (exact) mass is 782 g/mol. The summed E-state index contributed by atoms with van der Waals surface area (Å²) in [6.07, 6.45) is 5.37. The highest BCUT2D eigenvalue weighted by atomic mass is 28.4. The van der Waals surface area contributed by atoms with Crippen LogP contribution < -0.4 is 0 Å². The van der Waals surface area contributed by atoms with E-state index in [0.29, 0.717) is 33.0 Å². The van der Waals surface area contributed by atoms with E-state index < -0.39 is 14.4 Å². The van der Waals surface area contributed by atoms with Gasteiger partial charge in [-0.2, -0.15) is 0 Å². The Labute approximate surface area is 336 Å². The van der Waals surface area contributed by atoms with Crippen LogP contribution in [0.3, 0.4) is 0 Å². The summed E-state index contributed by atoms with van der Waals surface area (Å²) < 4.78 is 42.6. The molecule has 0 bridgehead atoms. The molecular formula is C47H62O8Si. The summed E-state index contributed by atoms with van der Waals surface area (Å²) >= 11 is 0. The zero-order valence-corrected chi connectivity index (χ0v) is 33.9. The van der Waals surface area contributed by atoms with Crippen LogP contribution in [0.5, 0.6) is 0 Å². The molecule has 6 unspecified atom stereocenters. The lowest BCUT2D eigenvalue weighted by Gasteiger charge is -2.40. The maximum Gasteiger partial charge on any atom is 0.192 e. The molecule has 302 valence electrons. The van der Waals surface area contributed by atoms with Gasteiger partial charge in [-0.1, -0.05) is 150 Å². The van der Waals surface area contributed by atoms with E-state index in [2.05, 4.69) is 58.1 Å². The first-order chi connectivity index (χ1) is 26.6. The minimum atomic E-state index is -1.90. The first-order valence-electron chi connectivity index (χ1n) is 19.1. The van der Waals surface area contributed by atoms with E-state index in [1.54, 1.807) is 12.5 Å². The van der Waals surface area contributed by atoms with Gasteiger partial charge >= 0.3 is 0 Å². The summed E-state index contributed by atoms with van der Waals surface area (Å²) in [4.78, 5) is 0. The van der Waals surface area contributed by atoms with Crippen LogP contribution in [0.25, 0.3) is 0 Å². The van der Waals surface area contributed by atoms with Gasteiger partial charge in [0, 0.05) is 0 Å². The number of hydrogen-bond acceptors (Lipinski definition) is 8. The Morgan fingerprint density at radius 3 is 1.23 bits per heavy atom. The van der Waals surface area contributed by atoms with Gasteiger partial charge in [-0.05, 0) is 52.5 Å². The highest BCUT2D eigenvalue weighted by Gasteiger charge is 2.41. The molecule has 0 amide bonds. The zero-order valence-electron chi connectivity index (χ0n) is 32.9. The molecule has 0 fully saturated rings. The van der Waals surface area contributed by atoms with Crippen LogP contribution in [0, 0.1) is 0 Å². The quantitative estimate of drug-likeness (QED) is 0.113.